The molecule has 0 fully saturated rings. The van der Waals surface area contributed by atoms with E-state index in [2.05, 4.69) is 5.32 Å². The van der Waals surface area contributed by atoms with Crippen LogP contribution in [0.5, 0.6) is 0 Å². The van der Waals surface area contributed by atoms with Crippen molar-refractivity contribution < 1.29 is 13.2 Å². The minimum Gasteiger partial charge on any atom is -0.321 e. The minimum absolute atomic E-state index is 0.00195. The molecular weight excluding hydrogens is 467 g/mol. The number of rotatable bonds is 6. The number of nitrogens with zero attached hydrogens (tertiary/aromatic N) is 1. The number of halogens is 3. The number of amides is 1. The summed E-state index contributed by atoms with van der Waals surface area (Å²) in [5.41, 5.74) is 0.808. The largest absolute Gasteiger partial charge is 0.321 e. The highest BCUT2D eigenvalue weighted by Crippen LogP contribution is 2.31. The van der Waals surface area contributed by atoms with Gasteiger partial charge in [0.05, 0.1) is 36.9 Å². The summed E-state index contributed by atoms with van der Waals surface area (Å²) in [5, 5.41) is 3.17. The van der Waals surface area contributed by atoms with Crippen LogP contribution in [-0.4, -0.2) is 20.9 Å². The smallest absolute Gasteiger partial charge is 0.264 e. The summed E-state index contributed by atoms with van der Waals surface area (Å²) in [6, 6.07) is 17.5. The SMILES string of the molecule is CCN(c1ccccc1)S(=O)(=O)c1ccc(Cl)c(C(=O)Nc2cccc(Cl)c2Cl)c1. The zero-order chi connectivity index (χ0) is 21.9. The summed E-state index contributed by atoms with van der Waals surface area (Å²) >= 11 is 18.3. The predicted molar refractivity (Wildman–Crippen MR) is 123 cm³/mol. The van der Waals surface area contributed by atoms with Crippen LogP contribution < -0.4 is 9.62 Å². The third-order valence-electron chi connectivity index (χ3n) is 4.30. The van der Waals surface area contributed by atoms with Crippen molar-refractivity contribution in [3.63, 3.8) is 0 Å². The lowest BCUT2D eigenvalue weighted by molar-refractivity contribution is 0.102. The number of carbonyl (C=O) groups excluding carboxylic acids is 1. The lowest BCUT2D eigenvalue weighted by atomic mass is 10.2. The van der Waals surface area contributed by atoms with Crippen LogP contribution in [0.3, 0.4) is 0 Å². The van der Waals surface area contributed by atoms with Gasteiger partial charge in [-0.1, -0.05) is 59.1 Å². The van der Waals surface area contributed by atoms with Crippen molar-refractivity contribution in [2.45, 2.75) is 11.8 Å². The maximum absolute atomic E-state index is 13.2. The molecular formula is C21H17Cl3N2O3S. The Morgan fingerprint density at radius 2 is 1.63 bits per heavy atom. The monoisotopic (exact) mass is 482 g/mol. The van der Waals surface area contributed by atoms with Gasteiger partial charge in [0.15, 0.2) is 0 Å². The van der Waals surface area contributed by atoms with E-state index in [-0.39, 0.29) is 37.8 Å². The maximum Gasteiger partial charge on any atom is 0.264 e. The summed E-state index contributed by atoms with van der Waals surface area (Å²) in [4.78, 5) is 12.7. The van der Waals surface area contributed by atoms with Gasteiger partial charge in [0.25, 0.3) is 15.9 Å². The second-order valence-electron chi connectivity index (χ2n) is 6.20. The Bertz CT molecular complexity index is 1190. The van der Waals surface area contributed by atoms with Gasteiger partial charge in [-0.25, -0.2) is 8.42 Å². The van der Waals surface area contributed by atoms with E-state index in [1.54, 1.807) is 55.5 Å². The molecule has 0 aliphatic heterocycles. The highest BCUT2D eigenvalue weighted by Gasteiger charge is 2.25. The van der Waals surface area contributed by atoms with Gasteiger partial charge < -0.3 is 5.32 Å². The molecule has 156 valence electrons. The molecule has 0 bridgehead atoms. The number of para-hydroxylation sites is 1. The fourth-order valence-electron chi connectivity index (χ4n) is 2.84. The Morgan fingerprint density at radius 1 is 0.933 bits per heavy atom. The molecule has 5 nitrogen and oxygen atoms in total. The summed E-state index contributed by atoms with van der Waals surface area (Å²) < 4.78 is 27.7. The first kappa shape index (κ1) is 22.4. The fourth-order valence-corrected chi connectivity index (χ4v) is 4.89. The number of carbonyl (C=O) groups is 1. The van der Waals surface area contributed by atoms with Crippen LogP contribution in [-0.2, 0) is 10.0 Å². The second kappa shape index (κ2) is 9.27. The van der Waals surface area contributed by atoms with Gasteiger partial charge in [0, 0.05) is 6.54 Å². The first-order chi connectivity index (χ1) is 14.3. The van der Waals surface area contributed by atoms with Gasteiger partial charge in [0.1, 0.15) is 0 Å². The molecule has 3 aromatic rings. The average Bonchev–Trinajstić information content (AvgIpc) is 2.72. The van der Waals surface area contributed by atoms with Crippen molar-refractivity contribution in [3.8, 4) is 0 Å². The Balaban J connectivity index is 1.98. The van der Waals surface area contributed by atoms with Crippen molar-refractivity contribution in [3.05, 3.63) is 87.4 Å². The van der Waals surface area contributed by atoms with E-state index in [4.69, 9.17) is 34.8 Å². The van der Waals surface area contributed by atoms with Crippen LogP contribution in [0.2, 0.25) is 15.1 Å². The van der Waals surface area contributed by atoms with Crippen LogP contribution in [0.15, 0.2) is 71.6 Å². The maximum atomic E-state index is 13.2. The molecule has 3 rings (SSSR count). The molecule has 3 aromatic carbocycles. The summed E-state index contributed by atoms with van der Waals surface area (Å²) in [6.07, 6.45) is 0. The van der Waals surface area contributed by atoms with Crippen LogP contribution in [0, 0.1) is 0 Å². The number of hydrogen-bond acceptors (Lipinski definition) is 3. The van der Waals surface area contributed by atoms with Crippen molar-refractivity contribution in [1.82, 2.24) is 0 Å². The first-order valence-corrected chi connectivity index (χ1v) is 11.5. The lowest BCUT2D eigenvalue weighted by Crippen LogP contribution is -2.31. The molecule has 0 saturated heterocycles. The molecule has 0 aromatic heterocycles. The van der Waals surface area contributed by atoms with E-state index in [0.29, 0.717) is 5.69 Å². The summed E-state index contributed by atoms with van der Waals surface area (Å²) in [5.74, 6) is -0.607. The Labute approximate surface area is 190 Å². The van der Waals surface area contributed by atoms with Gasteiger partial charge in [-0.15, -0.1) is 0 Å². The normalized spacial score (nSPS) is 11.2. The first-order valence-electron chi connectivity index (χ1n) is 8.88. The quantitative estimate of drug-likeness (QED) is 0.460. The van der Waals surface area contributed by atoms with E-state index in [1.165, 1.54) is 22.5 Å². The molecule has 9 heteroatoms. The Hall–Kier alpha value is -2.25. The molecule has 0 spiro atoms. The van der Waals surface area contributed by atoms with Crippen LogP contribution >= 0.6 is 34.8 Å². The van der Waals surface area contributed by atoms with Crippen LogP contribution in [0.1, 0.15) is 17.3 Å². The zero-order valence-corrected chi connectivity index (χ0v) is 18.9. The van der Waals surface area contributed by atoms with Crippen molar-refractivity contribution in [2.24, 2.45) is 0 Å². The zero-order valence-electron chi connectivity index (χ0n) is 15.8. The highest BCUT2D eigenvalue weighted by molar-refractivity contribution is 7.92. The van der Waals surface area contributed by atoms with E-state index in [9.17, 15) is 13.2 Å². The third-order valence-corrected chi connectivity index (χ3v) is 7.35. The topological polar surface area (TPSA) is 66.5 Å². The van der Waals surface area contributed by atoms with Crippen molar-refractivity contribution in [1.29, 1.82) is 0 Å². The summed E-state index contributed by atoms with van der Waals surface area (Å²) in [6.45, 7) is 1.95. The van der Waals surface area contributed by atoms with Crippen molar-refractivity contribution in [2.75, 3.05) is 16.2 Å². The van der Waals surface area contributed by atoms with Gasteiger partial charge in [0.2, 0.25) is 0 Å². The van der Waals surface area contributed by atoms with Crippen LogP contribution in [0.4, 0.5) is 11.4 Å². The number of hydrogen-bond donors (Lipinski definition) is 1. The van der Waals surface area contributed by atoms with Gasteiger partial charge >= 0.3 is 0 Å². The third kappa shape index (κ3) is 4.57. The average molecular weight is 484 g/mol. The molecule has 0 radical (unpaired) electrons. The molecule has 0 unspecified atom stereocenters. The van der Waals surface area contributed by atoms with E-state index in [1.807, 2.05) is 0 Å². The standard InChI is InChI=1S/C21H17Cl3N2O3S/c1-2-26(14-7-4-3-5-8-14)30(28,29)15-11-12-17(22)16(13-15)21(27)25-19-10-6-9-18(23)20(19)24/h3-13H,2H2,1H3,(H,25,27). The molecule has 30 heavy (non-hydrogen) atoms. The summed E-state index contributed by atoms with van der Waals surface area (Å²) in [7, 11) is -3.92. The number of benzene rings is 3. The fraction of sp³-hybridized carbons (Fsp3) is 0.0952. The molecule has 0 atom stereocenters. The molecule has 1 amide bonds. The number of anilines is 2. The molecule has 1 N–H and O–H groups in total. The van der Waals surface area contributed by atoms with Gasteiger partial charge in [-0.2, -0.15) is 0 Å². The number of nitrogens with one attached hydrogen (secondary N) is 1. The number of sulfonamides is 1. The molecule has 0 saturated carbocycles. The van der Waals surface area contributed by atoms with Gasteiger partial charge in [-0.05, 0) is 49.4 Å². The Morgan fingerprint density at radius 3 is 2.30 bits per heavy atom. The predicted octanol–water partition coefficient (Wildman–Crippen LogP) is 6.11. The molecule has 0 aliphatic carbocycles. The lowest BCUT2D eigenvalue weighted by Gasteiger charge is -2.23. The van der Waals surface area contributed by atoms with Gasteiger partial charge in [-0.3, -0.25) is 9.10 Å². The second-order valence-corrected chi connectivity index (χ2v) is 9.26. The van der Waals surface area contributed by atoms with E-state index < -0.39 is 15.9 Å². The van der Waals surface area contributed by atoms with Crippen molar-refractivity contribution >= 4 is 62.1 Å². The molecule has 0 heterocycles. The Kier molecular flexibility index (Phi) is 6.93. The minimum atomic E-state index is -3.92. The molecule has 0 aliphatic rings. The van der Waals surface area contributed by atoms with E-state index >= 15 is 0 Å². The highest BCUT2D eigenvalue weighted by atomic mass is 35.5. The van der Waals surface area contributed by atoms with E-state index in [0.717, 1.165) is 0 Å². The van der Waals surface area contributed by atoms with Crippen LogP contribution in [0.25, 0.3) is 0 Å².